The van der Waals surface area contributed by atoms with Gasteiger partial charge in [-0.15, -0.1) is 0 Å². The van der Waals surface area contributed by atoms with Crippen LogP contribution in [0.4, 0.5) is 0 Å². The standard InChI is InChI=1S/C8H13NO2/c1-11-7(10)8-3-2-6(9)5(8)4-8/h5-6H,2-4,9H2,1H3/t5-,6+,8+/m0/s1. The lowest BCUT2D eigenvalue weighted by Gasteiger charge is -2.06. The largest absolute Gasteiger partial charge is 0.469 e. The quantitative estimate of drug-likeness (QED) is 0.553. The molecule has 0 radical (unpaired) electrons. The van der Waals surface area contributed by atoms with E-state index in [1.54, 1.807) is 0 Å². The number of rotatable bonds is 1. The van der Waals surface area contributed by atoms with Crippen LogP contribution in [0, 0.1) is 11.3 Å². The van der Waals surface area contributed by atoms with Gasteiger partial charge in [0.15, 0.2) is 0 Å². The Labute approximate surface area is 65.9 Å². The molecule has 0 spiro atoms. The van der Waals surface area contributed by atoms with Crippen molar-refractivity contribution in [2.45, 2.75) is 25.3 Å². The Morgan fingerprint density at radius 2 is 2.45 bits per heavy atom. The van der Waals surface area contributed by atoms with Crippen molar-refractivity contribution in [2.24, 2.45) is 17.1 Å². The minimum Gasteiger partial charge on any atom is -0.469 e. The molecule has 2 N–H and O–H groups in total. The summed E-state index contributed by atoms with van der Waals surface area (Å²) in [5.74, 6) is 0.380. The number of ether oxygens (including phenoxy) is 1. The fraction of sp³-hybridized carbons (Fsp3) is 0.875. The van der Waals surface area contributed by atoms with Gasteiger partial charge < -0.3 is 10.5 Å². The zero-order chi connectivity index (χ0) is 8.06. The molecule has 2 aliphatic carbocycles. The summed E-state index contributed by atoms with van der Waals surface area (Å²) in [4.78, 5) is 11.2. The number of methoxy groups -OCH3 is 1. The Balaban J connectivity index is 2.11. The molecular formula is C8H13NO2. The Morgan fingerprint density at radius 3 is 2.82 bits per heavy atom. The van der Waals surface area contributed by atoms with Crippen molar-refractivity contribution in [3.63, 3.8) is 0 Å². The molecule has 0 aromatic rings. The van der Waals surface area contributed by atoms with Crippen molar-refractivity contribution < 1.29 is 9.53 Å². The predicted molar refractivity (Wildman–Crippen MR) is 39.8 cm³/mol. The van der Waals surface area contributed by atoms with Gasteiger partial charge in [0.1, 0.15) is 0 Å². The maximum atomic E-state index is 11.2. The van der Waals surface area contributed by atoms with E-state index in [1.807, 2.05) is 0 Å². The number of carbonyl (C=O) groups excluding carboxylic acids is 1. The van der Waals surface area contributed by atoms with Crippen LogP contribution in [-0.4, -0.2) is 19.1 Å². The van der Waals surface area contributed by atoms with Gasteiger partial charge in [0.2, 0.25) is 0 Å². The average Bonchev–Trinajstić information content (AvgIpc) is 2.68. The molecule has 0 saturated heterocycles. The zero-order valence-corrected chi connectivity index (χ0v) is 6.67. The normalized spacial score (nSPS) is 46.7. The first-order valence-electron chi connectivity index (χ1n) is 4.05. The minimum absolute atomic E-state index is 0.0459. The maximum Gasteiger partial charge on any atom is 0.312 e. The monoisotopic (exact) mass is 155 g/mol. The topological polar surface area (TPSA) is 52.3 Å². The van der Waals surface area contributed by atoms with Gasteiger partial charge in [-0.3, -0.25) is 4.79 Å². The first-order valence-corrected chi connectivity index (χ1v) is 4.05. The van der Waals surface area contributed by atoms with Gasteiger partial charge >= 0.3 is 5.97 Å². The lowest BCUT2D eigenvalue weighted by molar-refractivity contribution is -0.147. The van der Waals surface area contributed by atoms with Crippen LogP contribution in [0.2, 0.25) is 0 Å². The second-order valence-corrected chi connectivity index (χ2v) is 3.66. The molecule has 3 atom stereocenters. The van der Waals surface area contributed by atoms with E-state index in [-0.39, 0.29) is 17.4 Å². The molecule has 11 heavy (non-hydrogen) atoms. The smallest absolute Gasteiger partial charge is 0.312 e. The van der Waals surface area contributed by atoms with Crippen molar-refractivity contribution in [1.82, 2.24) is 0 Å². The fourth-order valence-electron chi connectivity index (χ4n) is 2.35. The molecule has 3 nitrogen and oxygen atoms in total. The summed E-state index contributed by atoms with van der Waals surface area (Å²) in [7, 11) is 1.45. The highest BCUT2D eigenvalue weighted by atomic mass is 16.5. The number of hydrogen-bond donors (Lipinski definition) is 1. The Kier molecular flexibility index (Phi) is 1.27. The van der Waals surface area contributed by atoms with Crippen LogP contribution in [0.25, 0.3) is 0 Å². The molecule has 62 valence electrons. The summed E-state index contributed by atoms with van der Waals surface area (Å²) in [6.45, 7) is 0. The van der Waals surface area contributed by atoms with Crippen LogP contribution < -0.4 is 5.73 Å². The van der Waals surface area contributed by atoms with E-state index in [0.29, 0.717) is 5.92 Å². The average molecular weight is 155 g/mol. The molecule has 2 fully saturated rings. The summed E-state index contributed by atoms with van der Waals surface area (Å²) in [5, 5.41) is 0. The van der Waals surface area contributed by atoms with Crippen molar-refractivity contribution in [3.05, 3.63) is 0 Å². The Bertz CT molecular complexity index is 204. The maximum absolute atomic E-state index is 11.2. The molecule has 0 aromatic carbocycles. The molecule has 0 aliphatic heterocycles. The molecule has 0 unspecified atom stereocenters. The van der Waals surface area contributed by atoms with Crippen LogP contribution in [0.15, 0.2) is 0 Å². The molecule has 0 bridgehead atoms. The van der Waals surface area contributed by atoms with Gasteiger partial charge in [-0.25, -0.2) is 0 Å². The Hall–Kier alpha value is -0.570. The van der Waals surface area contributed by atoms with Crippen LogP contribution in [0.5, 0.6) is 0 Å². The lowest BCUT2D eigenvalue weighted by Crippen LogP contribution is -2.20. The highest BCUT2D eigenvalue weighted by Crippen LogP contribution is 2.63. The number of nitrogens with two attached hydrogens (primary N) is 1. The van der Waals surface area contributed by atoms with E-state index < -0.39 is 0 Å². The highest BCUT2D eigenvalue weighted by Gasteiger charge is 2.66. The third-order valence-corrected chi connectivity index (χ3v) is 3.17. The lowest BCUT2D eigenvalue weighted by atomic mass is 10.1. The summed E-state index contributed by atoms with van der Waals surface area (Å²) in [5.41, 5.74) is 5.65. The summed E-state index contributed by atoms with van der Waals surface area (Å²) >= 11 is 0. The first kappa shape index (κ1) is 7.10. The van der Waals surface area contributed by atoms with Crippen molar-refractivity contribution in [2.75, 3.05) is 7.11 Å². The van der Waals surface area contributed by atoms with Crippen molar-refractivity contribution >= 4 is 5.97 Å². The molecule has 3 heteroatoms. The van der Waals surface area contributed by atoms with Crippen molar-refractivity contribution in [1.29, 1.82) is 0 Å². The summed E-state index contributed by atoms with van der Waals surface area (Å²) in [6.07, 6.45) is 2.88. The van der Waals surface area contributed by atoms with Gasteiger partial charge in [-0.1, -0.05) is 0 Å². The SMILES string of the molecule is COC(=O)[C@@]12CC[C@@H](N)[C@@H]1C2. The van der Waals surface area contributed by atoms with E-state index in [4.69, 9.17) is 10.5 Å². The summed E-state index contributed by atoms with van der Waals surface area (Å²) < 4.78 is 4.73. The van der Waals surface area contributed by atoms with E-state index in [9.17, 15) is 4.79 Å². The molecule has 2 aliphatic rings. The number of carbonyl (C=O) groups is 1. The van der Waals surface area contributed by atoms with E-state index in [1.165, 1.54) is 7.11 Å². The number of esters is 1. The van der Waals surface area contributed by atoms with E-state index >= 15 is 0 Å². The van der Waals surface area contributed by atoms with E-state index in [0.717, 1.165) is 19.3 Å². The zero-order valence-electron chi connectivity index (χ0n) is 6.67. The second-order valence-electron chi connectivity index (χ2n) is 3.66. The molecule has 0 aromatic heterocycles. The van der Waals surface area contributed by atoms with Crippen LogP contribution >= 0.6 is 0 Å². The molecule has 0 heterocycles. The molecule has 2 rings (SSSR count). The first-order chi connectivity index (χ1) is 5.20. The highest BCUT2D eigenvalue weighted by molar-refractivity contribution is 5.81. The van der Waals surface area contributed by atoms with Crippen LogP contribution in [0.3, 0.4) is 0 Å². The Morgan fingerprint density at radius 1 is 1.73 bits per heavy atom. The fourth-order valence-corrected chi connectivity index (χ4v) is 2.35. The van der Waals surface area contributed by atoms with Gasteiger partial charge in [0, 0.05) is 6.04 Å². The number of fused-ring (bicyclic) bond motifs is 1. The van der Waals surface area contributed by atoms with Crippen molar-refractivity contribution in [3.8, 4) is 0 Å². The summed E-state index contributed by atoms with van der Waals surface area (Å²) in [6, 6.07) is 0.245. The molecular weight excluding hydrogens is 142 g/mol. The third kappa shape index (κ3) is 0.745. The third-order valence-electron chi connectivity index (χ3n) is 3.17. The minimum atomic E-state index is -0.145. The van der Waals surface area contributed by atoms with E-state index in [2.05, 4.69) is 0 Å². The van der Waals surface area contributed by atoms with Gasteiger partial charge in [0.25, 0.3) is 0 Å². The second kappa shape index (κ2) is 1.97. The van der Waals surface area contributed by atoms with Gasteiger partial charge in [-0.05, 0) is 25.2 Å². The van der Waals surface area contributed by atoms with Gasteiger partial charge in [0.05, 0.1) is 12.5 Å². The molecule has 2 saturated carbocycles. The van der Waals surface area contributed by atoms with Crippen LogP contribution in [0.1, 0.15) is 19.3 Å². The van der Waals surface area contributed by atoms with Crippen LogP contribution in [-0.2, 0) is 9.53 Å². The van der Waals surface area contributed by atoms with Gasteiger partial charge in [-0.2, -0.15) is 0 Å². The predicted octanol–water partition coefficient (Wildman–Crippen LogP) is 0.287. The number of hydrogen-bond acceptors (Lipinski definition) is 3. The molecule has 0 amide bonds.